The number of carboxylic acid groups (broad SMARTS) is 1. The minimum Gasteiger partial charge on any atom is -1.00 e. The number of allylic oxidation sites excluding steroid dienone is 13. The minimum atomic E-state index is -0.801. The van der Waals surface area contributed by atoms with E-state index in [0.717, 1.165) is 164 Å². The standard InChI is InChI=1S/C31H48O3.C30H48O4.C30H46O3.C30H46O2.C4H8O.Al.Li.4H/c1-20(10-9-11-21(2)27(33)34-8)22-14-18-31(7)24-12-13-25-28(3,4)26(32)16-17-29(25,5)23(24)15-19-30(22,31)6;1-19(9-8-10-20(2)26(32)34-33)21-13-17-30(7)23-11-12-24-27(3,4)25(31)15-16-28(24,5)22(23)14-18-29(21,30)6;1-19(9-8-10-20(2)26(32)33)21-13-17-30(7)23-11-12-24-27(3,4)25(31)15-16-28(24,5)22(23)14-18-29(21,30)6;1-20(19-31)9-8-10-21(2)22-13-17-30(7)24-11-12-25-27(3,4)26(32)15-16-28(25,5)23(24)14-18-29(22,30)6;1-2-4-5-3-1;;;;;;/h11-12,20,22-23,25H,9-10,13-19H2,1-8H3;10-11,19,21-22,24-25,31,33H,8-9,12-18H2,1-7H3;10-11,19,21-22,24H,8-9,12-18H2,1-7H3,(H,32,33);9,11,19,21-23,25H,8,10,12-18H2,1-7H3;1-4H2;;;;;;/q;;;;;;+1;;;;-1/b21-11-;2*20-10-;20-9-;;;;;;;/t20?,22-,23?,25?,29+,30-,31+;19?,21-,22?,24?,25?,28+,29-,30+;19?,21-,22?,24?,28+,29-,30+;21?,22-,23?,25?,28+,29-,30+;;;;;;;/m0000......./s1. The van der Waals surface area contributed by atoms with E-state index in [2.05, 4.69) is 208 Å². The number of carbonyl (C=O) groups is 7. The van der Waals surface area contributed by atoms with Gasteiger partial charge >= 0.3 is 36.8 Å². The zero-order valence-corrected chi connectivity index (χ0v) is 93.7. The Bertz CT molecular complexity index is 4790. The number of aliphatic hydroxyl groups is 1. The maximum absolute atomic E-state index is 12.8. The molecule has 0 aromatic heterocycles. The van der Waals surface area contributed by atoms with Crippen molar-refractivity contribution in [3.8, 4) is 0 Å². The van der Waals surface area contributed by atoms with Crippen LogP contribution in [0.5, 0.6) is 0 Å². The van der Waals surface area contributed by atoms with Crippen molar-refractivity contribution in [2.75, 3.05) is 20.3 Å². The van der Waals surface area contributed by atoms with Gasteiger partial charge in [0.05, 0.1) is 13.2 Å². The van der Waals surface area contributed by atoms with E-state index < -0.39 is 11.9 Å². The van der Waals surface area contributed by atoms with Gasteiger partial charge in [0.25, 0.3) is 0 Å². The summed E-state index contributed by atoms with van der Waals surface area (Å²) in [4.78, 5) is 87.6. The molecule has 1 aliphatic heterocycles. The third-order valence-electron chi connectivity index (χ3n) is 48.1. The number of aldehydes is 1. The Balaban J connectivity index is 0.000000189. The molecule has 13 fully saturated rings. The van der Waals surface area contributed by atoms with Crippen molar-refractivity contribution in [1.82, 2.24) is 0 Å². The molecule has 782 valence electrons. The van der Waals surface area contributed by atoms with Crippen LogP contribution in [0.15, 0.2) is 93.2 Å². The van der Waals surface area contributed by atoms with E-state index in [1.54, 1.807) is 36.1 Å². The Morgan fingerprint density at radius 3 is 0.957 bits per heavy atom. The van der Waals surface area contributed by atoms with Crippen LogP contribution in [0.3, 0.4) is 0 Å². The van der Waals surface area contributed by atoms with Gasteiger partial charge in [0.2, 0.25) is 0 Å². The zero-order valence-electron chi connectivity index (χ0n) is 94.7. The summed E-state index contributed by atoms with van der Waals surface area (Å²) in [6.07, 6.45) is 62.5. The number of Topliss-reactive ketones (excluding diaryl/α,β-unsaturated/α-hetero) is 3. The fourth-order valence-electron chi connectivity index (χ4n) is 38.2. The van der Waals surface area contributed by atoms with Crippen LogP contribution in [0.1, 0.15) is 439 Å². The number of aliphatic carboxylic acids is 1. The van der Waals surface area contributed by atoms with Gasteiger partial charge in [-0.15, -0.1) is 0 Å². The van der Waals surface area contributed by atoms with Crippen LogP contribution in [0.2, 0.25) is 0 Å². The molecule has 15 heteroatoms. The minimum absolute atomic E-state index is 0. The first kappa shape index (κ1) is 116. The predicted molar refractivity (Wildman–Crippen MR) is 571 cm³/mol. The van der Waals surface area contributed by atoms with E-state index in [-0.39, 0.29) is 104 Å². The molecule has 1 heterocycles. The predicted octanol–water partition coefficient (Wildman–Crippen LogP) is 27.1. The average Bonchev–Trinajstić information content (AvgIpc) is 1.64. The second-order valence-corrected chi connectivity index (χ2v) is 55.0. The summed E-state index contributed by atoms with van der Waals surface area (Å²) in [5, 5.41) is 28.6. The van der Waals surface area contributed by atoms with E-state index in [0.29, 0.717) is 144 Å². The molecular formula is C125H200AlLiO13. The van der Waals surface area contributed by atoms with E-state index in [9.17, 15) is 38.7 Å². The molecule has 0 bridgehead atoms. The molecule has 3 N–H and O–H groups in total. The Morgan fingerprint density at radius 2 is 0.686 bits per heavy atom. The van der Waals surface area contributed by atoms with Crippen LogP contribution in [0.25, 0.3) is 0 Å². The molecule has 17 aliphatic rings. The Kier molecular flexibility index (Phi) is 35.9. The third-order valence-corrected chi connectivity index (χ3v) is 48.1. The summed E-state index contributed by atoms with van der Waals surface area (Å²) in [5.41, 5.74) is 12.4. The molecule has 29 atom stereocenters. The van der Waals surface area contributed by atoms with Gasteiger partial charge in [-0.1, -0.05) is 237 Å². The molecule has 13 nitrogen and oxygen atoms in total. The smallest absolute Gasteiger partial charge is 1.00 e. The summed E-state index contributed by atoms with van der Waals surface area (Å²) in [5.74, 6) is 9.70. The molecular weight excluding hydrogens is 1740 g/mol. The van der Waals surface area contributed by atoms with Crippen LogP contribution in [-0.2, 0) is 47.9 Å². The van der Waals surface area contributed by atoms with Gasteiger partial charge in [-0.3, -0.25) is 24.1 Å². The van der Waals surface area contributed by atoms with Crippen LogP contribution >= 0.6 is 0 Å². The molecule has 140 heavy (non-hydrogen) atoms. The molecule has 0 spiro atoms. The van der Waals surface area contributed by atoms with Crippen molar-refractivity contribution in [2.45, 2.75) is 444 Å². The Labute approximate surface area is 875 Å². The number of carbonyl (C=O) groups excluding carboxylic acids is 6. The van der Waals surface area contributed by atoms with E-state index in [4.69, 9.17) is 19.8 Å². The SMILES string of the molecule is C/C(=C/CCC(C)[C@@H]1CC[C@]2(C)C3=CCC4C(C)(C)C(=O)CC[C@]4(C)C3CC[C@@]12C)C(=O)O.C/C(=C/CCC(C)[C@@H]1CC[C@]2(C)C3=CCC4C(C)(C)C(O)CC[C@]4(C)C3CC[C@@]12C)C(=O)OO.C/C(C=O)=C/CCC(C)[C@@H]1CC[C@]2(C)C3=CCC4C(C)(C)C(=O)CC[C@]4(C)C3CC[C@@]12C.C1CCOC1.COC(=O)/C(C)=C\CCC(C)[C@@H]1CC[C@]2(C)C3=CCC4C(C)(C)C(=O)CC[C@]4(C)C3CC[C@@]12C.[AlH3].[H-].[Li+]. The second kappa shape index (κ2) is 43.2. The van der Waals surface area contributed by atoms with Crippen LogP contribution < -0.4 is 18.9 Å². The maximum atomic E-state index is 12.8. The molecule has 0 aromatic rings. The number of hydrogen-bond acceptors (Lipinski definition) is 12. The maximum Gasteiger partial charge on any atom is 1.00 e. The zero-order chi connectivity index (χ0) is 102. The van der Waals surface area contributed by atoms with Crippen molar-refractivity contribution >= 4 is 58.9 Å². The number of aliphatic hydroxyl groups excluding tert-OH is 1. The summed E-state index contributed by atoms with van der Waals surface area (Å²) in [6.45, 7) is 67.6. The van der Waals surface area contributed by atoms with E-state index in [1.165, 1.54) is 129 Å². The molecule has 1 saturated heterocycles. The number of methoxy groups -OCH3 is 1. The molecule has 0 radical (unpaired) electrons. The summed E-state index contributed by atoms with van der Waals surface area (Å²) in [7, 11) is 1.45. The van der Waals surface area contributed by atoms with Gasteiger partial charge in [0, 0.05) is 65.4 Å². The fourth-order valence-corrected chi connectivity index (χ4v) is 38.2. The molecule has 0 aromatic carbocycles. The van der Waals surface area contributed by atoms with Gasteiger partial charge in [-0.05, 0) is 423 Å². The van der Waals surface area contributed by atoms with Gasteiger partial charge in [-0.25, -0.2) is 14.4 Å². The first-order valence-electron chi connectivity index (χ1n) is 56.3. The average molecular weight is 1940 g/mol. The number of fused-ring (bicyclic) bond motifs is 20. The monoisotopic (exact) mass is 1940 g/mol. The first-order valence-corrected chi connectivity index (χ1v) is 56.3. The first-order chi connectivity index (χ1) is 64.4. The number of rotatable bonds is 20. The topological polar surface area (TPSA) is 208 Å². The largest absolute Gasteiger partial charge is 1.00 e. The van der Waals surface area contributed by atoms with Crippen molar-refractivity contribution < 1.29 is 83.7 Å². The van der Waals surface area contributed by atoms with Crippen LogP contribution in [-0.4, -0.2) is 101 Å². The molecule has 13 unspecified atom stereocenters. The number of hydrogen-bond donors (Lipinski definition) is 3. The Hall–Kier alpha value is -3.98. The summed E-state index contributed by atoms with van der Waals surface area (Å²) < 4.78 is 9.80. The molecule has 0 amide bonds. The van der Waals surface area contributed by atoms with Crippen molar-refractivity contribution in [2.24, 2.45) is 181 Å². The van der Waals surface area contributed by atoms with E-state index in [1.807, 2.05) is 26.0 Å². The van der Waals surface area contributed by atoms with Crippen molar-refractivity contribution in [3.05, 3.63) is 93.2 Å². The quantitative estimate of drug-likeness (QED) is 0.0197. The van der Waals surface area contributed by atoms with E-state index >= 15 is 0 Å². The second-order valence-electron chi connectivity index (χ2n) is 55.0. The van der Waals surface area contributed by atoms with Gasteiger partial charge < -0.3 is 21.1 Å². The number of ether oxygens (including phenoxy) is 2. The van der Waals surface area contributed by atoms with Crippen molar-refractivity contribution in [1.29, 1.82) is 0 Å². The van der Waals surface area contributed by atoms with Crippen LogP contribution in [0, 0.1) is 181 Å². The number of esters is 1. The molecule has 17 rings (SSSR count). The van der Waals surface area contributed by atoms with Gasteiger partial charge in [0.1, 0.15) is 23.6 Å². The normalized spacial score (nSPS) is 42.2. The fraction of sp³-hybridized carbons (Fsp3) is 0.816. The summed E-state index contributed by atoms with van der Waals surface area (Å²) in [6, 6.07) is 0. The summed E-state index contributed by atoms with van der Waals surface area (Å²) >= 11 is 0. The van der Waals surface area contributed by atoms with Crippen LogP contribution in [0.4, 0.5) is 0 Å². The van der Waals surface area contributed by atoms with Gasteiger partial charge in [0.15, 0.2) is 17.4 Å². The molecule has 16 aliphatic carbocycles. The Morgan fingerprint density at radius 1 is 0.407 bits per heavy atom. The third kappa shape index (κ3) is 19.7. The van der Waals surface area contributed by atoms with Crippen molar-refractivity contribution in [3.63, 3.8) is 0 Å². The number of ketones is 3. The van der Waals surface area contributed by atoms with Gasteiger partial charge in [-0.2, -0.15) is 5.26 Å². The number of carboxylic acids is 1. The molecule has 12 saturated carbocycles.